The quantitative estimate of drug-likeness (QED) is 0.824. The van der Waals surface area contributed by atoms with Gasteiger partial charge in [0.05, 0.1) is 12.1 Å². The van der Waals surface area contributed by atoms with Crippen molar-refractivity contribution in [2.24, 2.45) is 5.92 Å². The summed E-state index contributed by atoms with van der Waals surface area (Å²) in [7, 11) is 0. The predicted molar refractivity (Wildman–Crippen MR) is 81.2 cm³/mol. The molecule has 1 amide bonds. The zero-order valence-corrected chi connectivity index (χ0v) is 13.6. The lowest BCUT2D eigenvalue weighted by molar-refractivity contribution is -0.146. The van der Waals surface area contributed by atoms with Crippen LogP contribution in [0.3, 0.4) is 0 Å². The lowest BCUT2D eigenvalue weighted by atomic mass is 10.1. The van der Waals surface area contributed by atoms with Gasteiger partial charge in [-0.15, -0.1) is 11.3 Å². The van der Waals surface area contributed by atoms with E-state index in [0.29, 0.717) is 43.0 Å². The molecule has 4 nitrogen and oxygen atoms in total. The molecular weight excluding hydrogens is 327 g/mol. The number of thiophene rings is 1. The highest BCUT2D eigenvalue weighted by atomic mass is 32.1. The Kier molecular flexibility index (Phi) is 5.65. The summed E-state index contributed by atoms with van der Waals surface area (Å²) in [4.78, 5) is 15.8. The highest BCUT2D eigenvalue weighted by Crippen LogP contribution is 2.25. The maximum Gasteiger partial charge on any atom is 0.401 e. The average Bonchev–Trinajstić information content (AvgIpc) is 3.13. The highest BCUT2D eigenvalue weighted by molar-refractivity contribution is 7.12. The van der Waals surface area contributed by atoms with Gasteiger partial charge in [-0.2, -0.15) is 18.4 Å². The minimum absolute atomic E-state index is 0.0340. The molecule has 23 heavy (non-hydrogen) atoms. The summed E-state index contributed by atoms with van der Waals surface area (Å²) in [6.07, 6.45) is -3.52. The van der Waals surface area contributed by atoms with Crippen molar-refractivity contribution in [2.45, 2.75) is 19.5 Å². The maximum absolute atomic E-state index is 12.5. The number of likely N-dealkylation sites (tertiary alicyclic amines) is 1. The Balaban J connectivity index is 1.93. The van der Waals surface area contributed by atoms with Crippen molar-refractivity contribution >= 4 is 17.2 Å². The van der Waals surface area contributed by atoms with Crippen LogP contribution >= 0.6 is 11.3 Å². The van der Waals surface area contributed by atoms with Crippen LogP contribution in [-0.4, -0.2) is 54.6 Å². The lowest BCUT2D eigenvalue weighted by Gasteiger charge is -2.25. The van der Waals surface area contributed by atoms with Gasteiger partial charge in [0, 0.05) is 19.6 Å². The highest BCUT2D eigenvalue weighted by Gasteiger charge is 2.34. The summed E-state index contributed by atoms with van der Waals surface area (Å²) in [5, 5.41) is 10.7. The van der Waals surface area contributed by atoms with Gasteiger partial charge in [-0.3, -0.25) is 9.69 Å². The summed E-state index contributed by atoms with van der Waals surface area (Å²) >= 11 is 1.22. The average molecular weight is 345 g/mol. The van der Waals surface area contributed by atoms with Gasteiger partial charge in [-0.1, -0.05) is 6.92 Å². The first-order valence-corrected chi connectivity index (χ1v) is 8.28. The molecule has 0 saturated carbocycles. The van der Waals surface area contributed by atoms with Crippen LogP contribution in [0.1, 0.15) is 28.6 Å². The standard InChI is InChI=1S/C15H18F3N3OS/c1-2-20(10-15(16,17)18)8-11-3-5-21(9-11)14(22)13-12(7-19)4-6-23-13/h4,6,11H,2-3,5,8-10H2,1H3/t11-/m0/s1. The van der Waals surface area contributed by atoms with Gasteiger partial charge >= 0.3 is 6.18 Å². The first-order chi connectivity index (χ1) is 10.8. The molecule has 0 aromatic carbocycles. The van der Waals surface area contributed by atoms with Crippen LogP contribution < -0.4 is 0 Å². The monoisotopic (exact) mass is 345 g/mol. The van der Waals surface area contributed by atoms with Gasteiger partial charge < -0.3 is 4.90 Å². The van der Waals surface area contributed by atoms with Crippen molar-refractivity contribution in [3.8, 4) is 6.07 Å². The second-order valence-corrected chi connectivity index (χ2v) is 6.54. The molecule has 1 saturated heterocycles. The third kappa shape index (κ3) is 4.69. The number of nitrogens with zero attached hydrogens (tertiary/aromatic N) is 3. The van der Waals surface area contributed by atoms with Gasteiger partial charge in [-0.05, 0) is 30.3 Å². The first-order valence-electron chi connectivity index (χ1n) is 7.40. The number of carbonyl (C=O) groups excluding carboxylic acids is 1. The van der Waals surface area contributed by atoms with Crippen LogP contribution in [0.15, 0.2) is 11.4 Å². The van der Waals surface area contributed by atoms with E-state index in [0.717, 1.165) is 0 Å². The Morgan fingerprint density at radius 2 is 2.30 bits per heavy atom. The van der Waals surface area contributed by atoms with E-state index < -0.39 is 12.7 Å². The molecule has 1 aliphatic heterocycles. The Bertz CT molecular complexity index is 594. The van der Waals surface area contributed by atoms with Crippen LogP contribution in [0.25, 0.3) is 0 Å². The summed E-state index contributed by atoms with van der Waals surface area (Å²) in [5.41, 5.74) is 0.357. The van der Waals surface area contributed by atoms with E-state index in [4.69, 9.17) is 5.26 Å². The smallest absolute Gasteiger partial charge is 0.338 e. The normalized spacial score (nSPS) is 18.4. The van der Waals surface area contributed by atoms with Crippen molar-refractivity contribution in [3.63, 3.8) is 0 Å². The zero-order chi connectivity index (χ0) is 17.0. The molecule has 2 heterocycles. The van der Waals surface area contributed by atoms with Gasteiger partial charge in [0.25, 0.3) is 5.91 Å². The molecule has 0 bridgehead atoms. The zero-order valence-electron chi connectivity index (χ0n) is 12.8. The molecule has 1 aliphatic rings. The molecule has 0 aliphatic carbocycles. The molecule has 0 N–H and O–H groups in total. The van der Waals surface area contributed by atoms with Crippen LogP contribution in [0.5, 0.6) is 0 Å². The van der Waals surface area contributed by atoms with Crippen LogP contribution in [0.2, 0.25) is 0 Å². The third-order valence-electron chi connectivity index (χ3n) is 3.92. The minimum atomic E-state index is -4.21. The molecule has 0 radical (unpaired) electrons. The fourth-order valence-electron chi connectivity index (χ4n) is 2.80. The van der Waals surface area contributed by atoms with Crippen molar-refractivity contribution in [2.75, 3.05) is 32.7 Å². The Morgan fingerprint density at radius 1 is 1.57 bits per heavy atom. The second-order valence-electron chi connectivity index (χ2n) is 5.62. The number of halogens is 3. The van der Waals surface area contributed by atoms with Gasteiger partial charge in [-0.25, -0.2) is 0 Å². The number of alkyl halides is 3. The molecular formula is C15H18F3N3OS. The Hall–Kier alpha value is -1.59. The van der Waals surface area contributed by atoms with Gasteiger partial charge in [0.15, 0.2) is 0 Å². The molecule has 1 aromatic heterocycles. The molecule has 126 valence electrons. The van der Waals surface area contributed by atoms with Gasteiger partial charge in [0.1, 0.15) is 10.9 Å². The third-order valence-corrected chi connectivity index (χ3v) is 4.82. The summed E-state index contributed by atoms with van der Waals surface area (Å²) in [5.74, 6) is -0.162. The van der Waals surface area contributed by atoms with Gasteiger partial charge in [0.2, 0.25) is 0 Å². The predicted octanol–water partition coefficient (Wildman–Crippen LogP) is 2.97. The van der Waals surface area contributed by atoms with Crippen molar-refractivity contribution in [1.82, 2.24) is 9.80 Å². The second kappa shape index (κ2) is 7.32. The summed E-state index contributed by atoms with van der Waals surface area (Å²) < 4.78 is 37.5. The van der Waals surface area contributed by atoms with E-state index in [1.165, 1.54) is 16.2 Å². The van der Waals surface area contributed by atoms with Crippen LogP contribution in [-0.2, 0) is 0 Å². The van der Waals surface area contributed by atoms with Crippen LogP contribution in [0.4, 0.5) is 13.2 Å². The lowest BCUT2D eigenvalue weighted by Crippen LogP contribution is -2.38. The molecule has 8 heteroatoms. The van der Waals surface area contributed by atoms with Crippen molar-refractivity contribution in [3.05, 3.63) is 21.9 Å². The number of rotatable bonds is 5. The number of hydrogen-bond donors (Lipinski definition) is 0. The topological polar surface area (TPSA) is 47.3 Å². The number of nitriles is 1. The SMILES string of the molecule is CCN(C[C@@H]1CCN(C(=O)c2sccc2C#N)C1)CC(F)(F)F. The Morgan fingerprint density at radius 3 is 2.91 bits per heavy atom. The fourth-order valence-corrected chi connectivity index (χ4v) is 3.61. The minimum Gasteiger partial charge on any atom is -0.338 e. The van der Waals surface area contributed by atoms with E-state index in [2.05, 4.69) is 0 Å². The maximum atomic E-state index is 12.5. The molecule has 0 unspecified atom stereocenters. The van der Waals surface area contributed by atoms with E-state index >= 15 is 0 Å². The molecule has 2 rings (SSSR count). The molecule has 0 spiro atoms. The summed E-state index contributed by atoms with van der Waals surface area (Å²) in [6, 6.07) is 3.59. The van der Waals surface area contributed by atoms with E-state index in [9.17, 15) is 18.0 Å². The van der Waals surface area contributed by atoms with Crippen molar-refractivity contribution < 1.29 is 18.0 Å². The van der Waals surface area contributed by atoms with Crippen LogP contribution in [0, 0.1) is 17.2 Å². The Labute approximate surface area is 137 Å². The van der Waals surface area contributed by atoms with E-state index in [1.54, 1.807) is 23.3 Å². The number of carbonyl (C=O) groups is 1. The number of amides is 1. The molecule has 1 atom stereocenters. The fraction of sp³-hybridized carbons (Fsp3) is 0.600. The van der Waals surface area contributed by atoms with Crippen molar-refractivity contribution in [1.29, 1.82) is 5.26 Å². The van der Waals surface area contributed by atoms with E-state index in [1.807, 2.05) is 6.07 Å². The first kappa shape index (κ1) is 17.8. The number of hydrogen-bond acceptors (Lipinski definition) is 4. The van der Waals surface area contributed by atoms with E-state index in [-0.39, 0.29) is 11.8 Å². The largest absolute Gasteiger partial charge is 0.401 e. The summed E-state index contributed by atoms with van der Waals surface area (Å²) in [6.45, 7) is 2.40. The molecule has 1 aromatic rings. The molecule has 1 fully saturated rings.